The summed E-state index contributed by atoms with van der Waals surface area (Å²) in [5.74, 6) is -0.931. The lowest BCUT2D eigenvalue weighted by Gasteiger charge is -2.33. The lowest BCUT2D eigenvalue weighted by atomic mass is 9.87. The minimum atomic E-state index is -0.819. The zero-order valence-corrected chi connectivity index (χ0v) is 19.2. The number of carbonyl (C=O) groups is 1. The molecule has 1 heterocycles. The van der Waals surface area contributed by atoms with Gasteiger partial charge in [0.2, 0.25) is 5.91 Å². The molecule has 0 bridgehead atoms. The molecule has 2 unspecified atom stereocenters. The van der Waals surface area contributed by atoms with Gasteiger partial charge in [-0.15, -0.1) is 0 Å². The Bertz CT molecular complexity index is 895. The number of benzene rings is 2. The van der Waals surface area contributed by atoms with Gasteiger partial charge in [0.05, 0.1) is 0 Å². The van der Waals surface area contributed by atoms with Crippen molar-refractivity contribution in [1.29, 1.82) is 0 Å². The van der Waals surface area contributed by atoms with E-state index in [0.29, 0.717) is 13.1 Å². The van der Waals surface area contributed by atoms with Crippen LogP contribution in [0.25, 0.3) is 0 Å². The van der Waals surface area contributed by atoms with E-state index < -0.39 is 11.6 Å². The number of rotatable bonds is 7. The Morgan fingerprint density at radius 3 is 2.29 bits per heavy atom. The number of likely N-dealkylation sites (tertiary alicyclic amines) is 1. The average Bonchev–Trinajstić information content (AvgIpc) is 3.11. The maximum atomic E-state index is 13.7. The molecule has 0 spiro atoms. The number of hydrogen-bond donors (Lipinski definition) is 0. The summed E-state index contributed by atoms with van der Waals surface area (Å²) in [6, 6.07) is 12.9. The SMILES string of the molecule is Cc1ccc(C2CN(Cc3ccc(F)c(F)c3)CC2CN(C(=O)C(C)C)C(C)C)cc1. The molecule has 1 fully saturated rings. The largest absolute Gasteiger partial charge is 0.340 e. The molecule has 0 saturated carbocycles. The first-order valence-electron chi connectivity index (χ1n) is 11.2. The molecule has 1 aliphatic rings. The van der Waals surface area contributed by atoms with E-state index in [2.05, 4.69) is 49.9 Å². The van der Waals surface area contributed by atoms with Crippen LogP contribution in [0.3, 0.4) is 0 Å². The first-order valence-corrected chi connectivity index (χ1v) is 11.2. The summed E-state index contributed by atoms with van der Waals surface area (Å²) < 4.78 is 27.0. The van der Waals surface area contributed by atoms with Gasteiger partial charge in [-0.05, 0) is 49.9 Å². The van der Waals surface area contributed by atoms with Gasteiger partial charge in [-0.3, -0.25) is 9.69 Å². The van der Waals surface area contributed by atoms with Crippen molar-refractivity contribution in [2.24, 2.45) is 11.8 Å². The predicted octanol–water partition coefficient (Wildman–Crippen LogP) is 5.38. The van der Waals surface area contributed by atoms with Crippen molar-refractivity contribution >= 4 is 5.91 Å². The summed E-state index contributed by atoms with van der Waals surface area (Å²) in [5.41, 5.74) is 3.25. The van der Waals surface area contributed by atoms with E-state index in [1.54, 1.807) is 6.07 Å². The van der Waals surface area contributed by atoms with Gasteiger partial charge >= 0.3 is 0 Å². The molecule has 0 aliphatic carbocycles. The summed E-state index contributed by atoms with van der Waals surface area (Å²) in [7, 11) is 0. The third kappa shape index (κ3) is 5.70. The molecule has 2 aromatic carbocycles. The van der Waals surface area contributed by atoms with Gasteiger partial charge in [0, 0.05) is 44.1 Å². The van der Waals surface area contributed by atoms with Crippen LogP contribution in [0.5, 0.6) is 0 Å². The molecule has 1 amide bonds. The number of nitrogens with zero attached hydrogens (tertiary/aromatic N) is 2. The second-order valence-electron chi connectivity index (χ2n) is 9.46. The van der Waals surface area contributed by atoms with Crippen LogP contribution in [-0.4, -0.2) is 41.4 Å². The van der Waals surface area contributed by atoms with Gasteiger partial charge in [-0.1, -0.05) is 49.7 Å². The summed E-state index contributed by atoms with van der Waals surface area (Å²) >= 11 is 0. The second-order valence-corrected chi connectivity index (χ2v) is 9.46. The first kappa shape index (κ1) is 23.4. The van der Waals surface area contributed by atoms with Crippen LogP contribution >= 0.6 is 0 Å². The molecule has 1 saturated heterocycles. The highest BCUT2D eigenvalue weighted by atomic mass is 19.2. The fraction of sp³-hybridized carbons (Fsp3) is 0.500. The Labute approximate surface area is 185 Å². The number of hydrogen-bond acceptors (Lipinski definition) is 2. The molecule has 0 N–H and O–H groups in total. The van der Waals surface area contributed by atoms with Gasteiger partial charge in [-0.25, -0.2) is 8.78 Å². The Kier molecular flexibility index (Phi) is 7.47. The molecule has 5 heteroatoms. The Morgan fingerprint density at radius 1 is 1.03 bits per heavy atom. The lowest BCUT2D eigenvalue weighted by Crippen LogP contribution is -2.43. The van der Waals surface area contributed by atoms with Crippen LogP contribution in [0, 0.1) is 30.4 Å². The summed E-state index contributed by atoms with van der Waals surface area (Å²) in [6.45, 7) is 13.0. The molecule has 168 valence electrons. The Morgan fingerprint density at radius 2 is 1.71 bits per heavy atom. The van der Waals surface area contributed by atoms with Crippen molar-refractivity contribution < 1.29 is 13.6 Å². The standard InChI is InChI=1S/C26H34F2N2O/c1-17(2)26(31)30(18(3)4)15-22-14-29(13-20-8-11-24(27)25(28)12-20)16-23(22)21-9-6-19(5)7-10-21/h6-12,17-18,22-23H,13-16H2,1-5H3. The molecule has 3 rings (SSSR count). The smallest absolute Gasteiger partial charge is 0.225 e. The van der Waals surface area contributed by atoms with Crippen LogP contribution in [0.1, 0.15) is 50.3 Å². The second kappa shape index (κ2) is 9.90. The van der Waals surface area contributed by atoms with E-state index in [9.17, 15) is 13.6 Å². The molecular weight excluding hydrogens is 394 g/mol. The molecular formula is C26H34F2N2O. The van der Waals surface area contributed by atoms with E-state index in [4.69, 9.17) is 0 Å². The van der Waals surface area contributed by atoms with Crippen molar-refractivity contribution in [3.63, 3.8) is 0 Å². The third-order valence-corrected chi connectivity index (χ3v) is 6.24. The van der Waals surface area contributed by atoms with Crippen molar-refractivity contribution in [2.45, 2.75) is 53.1 Å². The third-order valence-electron chi connectivity index (χ3n) is 6.24. The Hall–Kier alpha value is -2.27. The Balaban J connectivity index is 1.83. The van der Waals surface area contributed by atoms with Crippen LogP contribution in [0.2, 0.25) is 0 Å². The number of halogens is 2. The van der Waals surface area contributed by atoms with Crippen LogP contribution in [0.15, 0.2) is 42.5 Å². The number of aryl methyl sites for hydroxylation is 1. The maximum absolute atomic E-state index is 13.7. The van der Waals surface area contributed by atoms with E-state index in [-0.39, 0.29) is 29.7 Å². The summed E-state index contributed by atoms with van der Waals surface area (Å²) in [5, 5.41) is 0. The van der Waals surface area contributed by atoms with Crippen molar-refractivity contribution in [3.05, 3.63) is 70.8 Å². The van der Waals surface area contributed by atoms with Crippen molar-refractivity contribution in [3.8, 4) is 0 Å². The summed E-state index contributed by atoms with van der Waals surface area (Å²) in [4.78, 5) is 17.1. The fourth-order valence-electron chi connectivity index (χ4n) is 4.50. The molecule has 31 heavy (non-hydrogen) atoms. The molecule has 2 aromatic rings. The first-order chi connectivity index (χ1) is 14.7. The lowest BCUT2D eigenvalue weighted by molar-refractivity contribution is -0.136. The predicted molar refractivity (Wildman–Crippen MR) is 121 cm³/mol. The zero-order chi connectivity index (χ0) is 22.7. The quantitative estimate of drug-likeness (QED) is 0.591. The number of amides is 1. The highest BCUT2D eigenvalue weighted by Crippen LogP contribution is 2.35. The van der Waals surface area contributed by atoms with Gasteiger partial charge in [0.25, 0.3) is 0 Å². The molecule has 0 aromatic heterocycles. The minimum Gasteiger partial charge on any atom is -0.340 e. The number of carbonyl (C=O) groups excluding carboxylic acids is 1. The topological polar surface area (TPSA) is 23.6 Å². The van der Waals surface area contributed by atoms with Gasteiger partial charge in [0.1, 0.15) is 0 Å². The monoisotopic (exact) mass is 428 g/mol. The van der Waals surface area contributed by atoms with E-state index in [1.165, 1.54) is 23.3 Å². The minimum absolute atomic E-state index is 0.0417. The van der Waals surface area contributed by atoms with Crippen molar-refractivity contribution in [1.82, 2.24) is 9.80 Å². The normalized spacial score (nSPS) is 19.4. The van der Waals surface area contributed by atoms with Crippen LogP contribution in [0.4, 0.5) is 8.78 Å². The van der Waals surface area contributed by atoms with Gasteiger partial charge in [-0.2, -0.15) is 0 Å². The molecule has 2 atom stereocenters. The van der Waals surface area contributed by atoms with Crippen molar-refractivity contribution in [2.75, 3.05) is 19.6 Å². The van der Waals surface area contributed by atoms with Crippen LogP contribution < -0.4 is 0 Å². The van der Waals surface area contributed by atoms with E-state index in [0.717, 1.165) is 18.7 Å². The van der Waals surface area contributed by atoms with E-state index >= 15 is 0 Å². The van der Waals surface area contributed by atoms with Gasteiger partial charge in [0.15, 0.2) is 11.6 Å². The van der Waals surface area contributed by atoms with Crippen LogP contribution in [-0.2, 0) is 11.3 Å². The molecule has 0 radical (unpaired) electrons. The molecule has 1 aliphatic heterocycles. The van der Waals surface area contributed by atoms with Gasteiger partial charge < -0.3 is 4.90 Å². The molecule has 3 nitrogen and oxygen atoms in total. The zero-order valence-electron chi connectivity index (χ0n) is 19.2. The van der Waals surface area contributed by atoms with E-state index in [1.807, 2.05) is 18.7 Å². The highest BCUT2D eigenvalue weighted by molar-refractivity contribution is 5.78. The fourth-order valence-corrected chi connectivity index (χ4v) is 4.50. The maximum Gasteiger partial charge on any atom is 0.225 e. The average molecular weight is 429 g/mol. The highest BCUT2D eigenvalue weighted by Gasteiger charge is 2.36. The summed E-state index contributed by atoms with van der Waals surface area (Å²) in [6.07, 6.45) is 0.